The molecule has 1 amide bonds. The fraction of sp³-hybridized carbons (Fsp3) is 0.625. The maximum atomic E-state index is 12.8. The maximum Gasteiger partial charge on any atom is 0.257 e. The predicted octanol–water partition coefficient (Wildman–Crippen LogP) is 2.07. The van der Waals surface area contributed by atoms with Gasteiger partial charge in [0.25, 0.3) is 5.91 Å². The van der Waals surface area contributed by atoms with E-state index in [4.69, 9.17) is 0 Å². The number of hydrogen-bond acceptors (Lipinski definition) is 4. The summed E-state index contributed by atoms with van der Waals surface area (Å²) in [6.45, 7) is 8.83. The summed E-state index contributed by atoms with van der Waals surface area (Å²) in [6.07, 6.45) is 4.43. The largest absolute Gasteiger partial charge is 0.384 e. The highest BCUT2D eigenvalue weighted by molar-refractivity contribution is 5.99. The number of amides is 1. The number of nitrogens with one attached hydrogen (secondary N) is 1. The van der Waals surface area contributed by atoms with Gasteiger partial charge in [-0.25, -0.2) is 0 Å². The summed E-state index contributed by atoms with van der Waals surface area (Å²) in [7, 11) is 2.12. The van der Waals surface area contributed by atoms with Crippen LogP contribution in [0.4, 0.5) is 5.69 Å². The van der Waals surface area contributed by atoms with E-state index in [1.807, 2.05) is 11.0 Å². The zero-order valence-electron chi connectivity index (χ0n) is 13.5. The average Bonchev–Trinajstić information content (AvgIpc) is 2.49. The molecule has 1 aliphatic heterocycles. The van der Waals surface area contributed by atoms with Crippen LogP contribution in [0, 0.1) is 0 Å². The molecule has 0 aromatic carbocycles. The van der Waals surface area contributed by atoms with Gasteiger partial charge in [-0.15, -0.1) is 0 Å². The summed E-state index contributed by atoms with van der Waals surface area (Å²) >= 11 is 0. The van der Waals surface area contributed by atoms with Gasteiger partial charge in [-0.05, 0) is 33.4 Å². The van der Waals surface area contributed by atoms with Crippen LogP contribution in [0.5, 0.6) is 0 Å². The zero-order valence-corrected chi connectivity index (χ0v) is 13.5. The fourth-order valence-corrected chi connectivity index (χ4v) is 2.72. The zero-order chi connectivity index (χ0) is 15.4. The molecule has 2 rings (SSSR count). The molecule has 5 nitrogen and oxygen atoms in total. The van der Waals surface area contributed by atoms with Crippen molar-refractivity contribution in [1.29, 1.82) is 0 Å². The number of carbonyl (C=O) groups is 1. The maximum absolute atomic E-state index is 12.8. The molecule has 21 heavy (non-hydrogen) atoms. The van der Waals surface area contributed by atoms with Crippen molar-refractivity contribution < 1.29 is 4.79 Å². The number of nitrogens with zero attached hydrogens (tertiary/aromatic N) is 3. The summed E-state index contributed by atoms with van der Waals surface area (Å²) in [5.41, 5.74) is 1.56. The Morgan fingerprint density at radius 1 is 1.38 bits per heavy atom. The molecule has 0 radical (unpaired) electrons. The van der Waals surface area contributed by atoms with Gasteiger partial charge in [0.1, 0.15) is 0 Å². The van der Waals surface area contributed by atoms with Crippen molar-refractivity contribution in [3.8, 4) is 0 Å². The van der Waals surface area contributed by atoms with E-state index in [9.17, 15) is 4.79 Å². The first-order valence-corrected chi connectivity index (χ1v) is 7.73. The molecule has 1 aromatic rings. The molecule has 0 aliphatic carbocycles. The van der Waals surface area contributed by atoms with Crippen LogP contribution in [-0.4, -0.2) is 59.5 Å². The van der Waals surface area contributed by atoms with E-state index in [-0.39, 0.29) is 5.91 Å². The molecule has 5 heteroatoms. The van der Waals surface area contributed by atoms with Crippen LogP contribution in [-0.2, 0) is 0 Å². The molecule has 0 saturated carbocycles. The Morgan fingerprint density at radius 2 is 2.05 bits per heavy atom. The fourth-order valence-electron chi connectivity index (χ4n) is 2.72. The predicted molar refractivity (Wildman–Crippen MR) is 85.6 cm³/mol. The van der Waals surface area contributed by atoms with Crippen LogP contribution in [0.25, 0.3) is 0 Å². The van der Waals surface area contributed by atoms with Crippen LogP contribution in [0.3, 0.4) is 0 Å². The molecule has 116 valence electrons. The normalized spacial score (nSPS) is 23.1. The minimum atomic E-state index is 0.0773. The van der Waals surface area contributed by atoms with Crippen molar-refractivity contribution in [1.82, 2.24) is 14.8 Å². The van der Waals surface area contributed by atoms with Gasteiger partial charge in [0, 0.05) is 44.1 Å². The number of hydrogen-bond donors (Lipinski definition) is 1. The van der Waals surface area contributed by atoms with Gasteiger partial charge in [0.05, 0.1) is 11.3 Å². The Balaban J connectivity index is 2.16. The average molecular weight is 290 g/mol. The Labute approximate surface area is 127 Å². The summed E-state index contributed by atoms with van der Waals surface area (Å²) in [5.74, 6) is 0.0773. The van der Waals surface area contributed by atoms with Gasteiger partial charge in [0.15, 0.2) is 0 Å². The Hall–Kier alpha value is -1.62. The van der Waals surface area contributed by atoms with Crippen LogP contribution in [0.1, 0.15) is 37.6 Å². The lowest BCUT2D eigenvalue weighted by atomic mass is 10.1. The lowest BCUT2D eigenvalue weighted by Gasteiger charge is -2.42. The van der Waals surface area contributed by atoms with Crippen LogP contribution >= 0.6 is 0 Å². The highest BCUT2D eigenvalue weighted by atomic mass is 16.2. The number of carbonyl (C=O) groups excluding carboxylic acids is 1. The molecule has 0 bridgehead atoms. The summed E-state index contributed by atoms with van der Waals surface area (Å²) in [4.78, 5) is 21.2. The van der Waals surface area contributed by atoms with Gasteiger partial charge in [-0.3, -0.25) is 14.7 Å². The first-order valence-electron chi connectivity index (χ1n) is 7.73. The number of rotatable bonds is 4. The van der Waals surface area contributed by atoms with Crippen molar-refractivity contribution in [3.05, 3.63) is 24.0 Å². The van der Waals surface area contributed by atoms with Crippen molar-refractivity contribution >= 4 is 11.6 Å². The van der Waals surface area contributed by atoms with Gasteiger partial charge >= 0.3 is 0 Å². The van der Waals surface area contributed by atoms with E-state index in [1.54, 1.807) is 12.4 Å². The molecule has 1 saturated heterocycles. The van der Waals surface area contributed by atoms with E-state index in [1.165, 1.54) is 0 Å². The molecule has 2 atom stereocenters. The summed E-state index contributed by atoms with van der Waals surface area (Å²) < 4.78 is 0. The highest BCUT2D eigenvalue weighted by Gasteiger charge is 2.30. The SMILES string of the molecule is CCCNc1ccncc1C(=O)N1CC(C)N(C)C(C)C1. The Morgan fingerprint density at radius 3 is 2.67 bits per heavy atom. The van der Waals surface area contributed by atoms with E-state index in [2.05, 4.69) is 43.0 Å². The van der Waals surface area contributed by atoms with Crippen molar-refractivity contribution in [2.45, 2.75) is 39.3 Å². The number of likely N-dealkylation sites (N-methyl/N-ethyl adjacent to an activating group) is 1. The van der Waals surface area contributed by atoms with E-state index in [0.29, 0.717) is 17.6 Å². The summed E-state index contributed by atoms with van der Waals surface area (Å²) in [5, 5.41) is 3.32. The van der Waals surface area contributed by atoms with Crippen LogP contribution in [0.15, 0.2) is 18.5 Å². The third-order valence-electron chi connectivity index (χ3n) is 4.26. The molecule has 1 N–H and O–H groups in total. The monoisotopic (exact) mass is 290 g/mol. The lowest BCUT2D eigenvalue weighted by molar-refractivity contribution is 0.0414. The van der Waals surface area contributed by atoms with E-state index in [0.717, 1.165) is 31.7 Å². The van der Waals surface area contributed by atoms with Gasteiger partial charge in [-0.1, -0.05) is 6.92 Å². The Kier molecular flexibility index (Phi) is 5.17. The standard InChI is InChI=1S/C16H26N4O/c1-5-7-18-15-6-8-17-9-14(15)16(21)20-10-12(2)19(4)13(3)11-20/h6,8-9,12-13H,5,7,10-11H2,1-4H3,(H,17,18). The van der Waals surface area contributed by atoms with E-state index >= 15 is 0 Å². The van der Waals surface area contributed by atoms with Gasteiger partial charge in [-0.2, -0.15) is 0 Å². The molecule has 1 fully saturated rings. The lowest BCUT2D eigenvalue weighted by Crippen LogP contribution is -2.56. The number of anilines is 1. The van der Waals surface area contributed by atoms with Gasteiger partial charge in [0.2, 0.25) is 0 Å². The summed E-state index contributed by atoms with van der Waals surface area (Å²) in [6, 6.07) is 2.63. The quantitative estimate of drug-likeness (QED) is 0.922. The van der Waals surface area contributed by atoms with Crippen LogP contribution < -0.4 is 5.32 Å². The minimum Gasteiger partial charge on any atom is -0.384 e. The van der Waals surface area contributed by atoms with Gasteiger partial charge < -0.3 is 10.2 Å². The molecule has 1 aliphatic rings. The number of piperazine rings is 1. The number of aromatic nitrogens is 1. The molecule has 2 unspecified atom stereocenters. The first-order chi connectivity index (χ1) is 10.0. The third kappa shape index (κ3) is 3.53. The topological polar surface area (TPSA) is 48.5 Å². The van der Waals surface area contributed by atoms with Crippen LogP contribution in [0.2, 0.25) is 0 Å². The third-order valence-corrected chi connectivity index (χ3v) is 4.26. The molecular weight excluding hydrogens is 264 g/mol. The second-order valence-corrected chi connectivity index (χ2v) is 5.92. The van der Waals surface area contributed by atoms with Crippen molar-refractivity contribution in [2.24, 2.45) is 0 Å². The molecular formula is C16H26N4O. The number of pyridine rings is 1. The minimum absolute atomic E-state index is 0.0773. The smallest absolute Gasteiger partial charge is 0.257 e. The second kappa shape index (κ2) is 6.89. The molecule has 2 heterocycles. The molecule has 0 spiro atoms. The second-order valence-electron chi connectivity index (χ2n) is 5.92. The van der Waals surface area contributed by atoms with Crippen molar-refractivity contribution in [2.75, 3.05) is 32.0 Å². The first kappa shape index (κ1) is 15.8. The van der Waals surface area contributed by atoms with E-state index < -0.39 is 0 Å². The Bertz CT molecular complexity index is 479. The highest BCUT2D eigenvalue weighted by Crippen LogP contribution is 2.20. The van der Waals surface area contributed by atoms with Crippen molar-refractivity contribution in [3.63, 3.8) is 0 Å². The molecule has 1 aromatic heterocycles.